The summed E-state index contributed by atoms with van der Waals surface area (Å²) < 4.78 is 13.5. The van der Waals surface area contributed by atoms with Gasteiger partial charge in [-0.3, -0.25) is 8.75 Å². The molecule has 3 aliphatic rings. The van der Waals surface area contributed by atoms with Crippen LogP contribution >= 0.6 is 11.5 Å². The maximum Gasteiger partial charge on any atom is 0.268 e. The zero-order chi connectivity index (χ0) is 18.8. The second-order valence-electron chi connectivity index (χ2n) is 8.06. The molecular weight excluding hydrogens is 360 g/mol. The third-order valence-electron chi connectivity index (χ3n) is 6.24. The summed E-state index contributed by atoms with van der Waals surface area (Å²) in [5.41, 5.74) is 0.0868. The van der Waals surface area contributed by atoms with Crippen LogP contribution in [-0.2, 0) is 6.54 Å². The van der Waals surface area contributed by atoms with Gasteiger partial charge < -0.3 is 14.4 Å². The van der Waals surface area contributed by atoms with Gasteiger partial charge in [-0.25, -0.2) is 0 Å². The van der Waals surface area contributed by atoms with Crippen LogP contribution in [0.15, 0.2) is 16.9 Å². The molecule has 27 heavy (non-hydrogen) atoms. The van der Waals surface area contributed by atoms with Crippen molar-refractivity contribution in [3.05, 3.63) is 22.5 Å². The molecule has 1 aliphatic carbocycles. The summed E-state index contributed by atoms with van der Waals surface area (Å²) in [6, 6.07) is 3.71. The summed E-state index contributed by atoms with van der Waals surface area (Å²) in [4.78, 5) is 15.4. The monoisotopic (exact) mass is 390 g/mol. The van der Waals surface area contributed by atoms with Gasteiger partial charge in [0.15, 0.2) is 11.5 Å². The van der Waals surface area contributed by atoms with Gasteiger partial charge in [0.1, 0.15) is 0 Å². The molecule has 6 heteroatoms. The fourth-order valence-corrected chi connectivity index (χ4v) is 5.76. The third kappa shape index (κ3) is 4.02. The minimum absolute atomic E-state index is 0.0868. The van der Waals surface area contributed by atoms with E-state index in [-0.39, 0.29) is 5.56 Å². The Morgan fingerprint density at radius 2 is 1.56 bits per heavy atom. The minimum Gasteiger partial charge on any atom is -0.493 e. The van der Waals surface area contributed by atoms with Crippen LogP contribution in [0.2, 0.25) is 0 Å². The number of ether oxygens (including phenoxy) is 2. The van der Waals surface area contributed by atoms with Gasteiger partial charge in [0.2, 0.25) is 0 Å². The predicted molar refractivity (Wildman–Crippen MR) is 110 cm³/mol. The Balaban J connectivity index is 1.36. The quantitative estimate of drug-likeness (QED) is 0.671. The number of methoxy groups -OCH3 is 2. The molecule has 1 saturated carbocycles. The lowest BCUT2D eigenvalue weighted by atomic mass is 9.84. The van der Waals surface area contributed by atoms with E-state index in [0.717, 1.165) is 41.3 Å². The second-order valence-corrected chi connectivity index (χ2v) is 9.12. The van der Waals surface area contributed by atoms with Gasteiger partial charge >= 0.3 is 0 Å². The van der Waals surface area contributed by atoms with Gasteiger partial charge in [-0.05, 0) is 63.0 Å². The van der Waals surface area contributed by atoms with Crippen LogP contribution in [0.4, 0.5) is 0 Å². The van der Waals surface area contributed by atoms with Crippen LogP contribution in [0.5, 0.6) is 11.5 Å². The molecule has 0 N–H and O–H groups in total. The second kappa shape index (κ2) is 8.23. The maximum atomic E-state index is 12.7. The standard InChI is InChI=1S/C21H30N2O3S/c1-25-18-11-17-20(12-19(18)26-2)27-23(21(17)24)10-4-3-9-22-13-15-5-6-16(14-22)8-7-15/h11-12,15-16H,3-10,13-14H2,1-2H3. The van der Waals surface area contributed by atoms with Crippen molar-refractivity contribution >= 4 is 21.6 Å². The highest BCUT2D eigenvalue weighted by Crippen LogP contribution is 2.34. The average molecular weight is 391 g/mol. The molecule has 148 valence electrons. The first kappa shape index (κ1) is 18.8. The lowest BCUT2D eigenvalue weighted by Gasteiger charge is -2.22. The fourth-order valence-electron chi connectivity index (χ4n) is 4.72. The molecule has 2 saturated heterocycles. The summed E-state index contributed by atoms with van der Waals surface area (Å²) in [5, 5.41) is 0.724. The molecule has 0 amide bonds. The number of benzene rings is 1. The van der Waals surface area contributed by atoms with E-state index in [4.69, 9.17) is 9.47 Å². The van der Waals surface area contributed by atoms with E-state index in [0.29, 0.717) is 11.5 Å². The Morgan fingerprint density at radius 1 is 0.963 bits per heavy atom. The first-order valence-electron chi connectivity index (χ1n) is 10.2. The first-order chi connectivity index (χ1) is 13.2. The highest BCUT2D eigenvalue weighted by atomic mass is 32.1. The first-order valence-corrected chi connectivity index (χ1v) is 10.9. The summed E-state index contributed by atoms with van der Waals surface area (Å²) in [5.74, 6) is 3.15. The van der Waals surface area contributed by atoms with Crippen molar-refractivity contribution in [2.75, 3.05) is 33.9 Å². The molecule has 2 aromatic rings. The van der Waals surface area contributed by atoms with Crippen LogP contribution in [0.25, 0.3) is 10.1 Å². The van der Waals surface area contributed by atoms with E-state index in [1.807, 2.05) is 10.0 Å². The molecule has 1 aromatic carbocycles. The molecule has 3 heterocycles. The predicted octanol–water partition coefficient (Wildman–Crippen LogP) is 3.98. The van der Waals surface area contributed by atoms with Gasteiger partial charge in [-0.1, -0.05) is 11.5 Å². The smallest absolute Gasteiger partial charge is 0.268 e. The SMILES string of the molecule is COc1cc2sn(CCCCN3CC4CCC(CC4)C3)c(=O)c2cc1OC. The van der Waals surface area contributed by atoms with Crippen LogP contribution in [0.3, 0.4) is 0 Å². The Morgan fingerprint density at radius 3 is 2.19 bits per heavy atom. The number of aromatic nitrogens is 1. The van der Waals surface area contributed by atoms with Crippen molar-refractivity contribution in [3.8, 4) is 11.5 Å². The maximum absolute atomic E-state index is 12.7. The number of fused-ring (bicyclic) bond motifs is 5. The molecule has 0 spiro atoms. The highest BCUT2D eigenvalue weighted by Gasteiger charge is 2.28. The molecule has 0 radical (unpaired) electrons. The Bertz CT molecular complexity index is 822. The number of nitrogens with zero attached hydrogens (tertiary/aromatic N) is 2. The average Bonchev–Trinajstić information content (AvgIpc) is 2.85. The highest BCUT2D eigenvalue weighted by molar-refractivity contribution is 7.13. The lowest BCUT2D eigenvalue weighted by molar-refractivity contribution is 0.246. The molecule has 2 bridgehead atoms. The molecular formula is C21H30N2O3S. The van der Waals surface area contributed by atoms with Crippen molar-refractivity contribution < 1.29 is 9.47 Å². The molecule has 5 rings (SSSR count). The summed E-state index contributed by atoms with van der Waals surface area (Å²) in [6.45, 7) is 4.55. The van der Waals surface area contributed by atoms with Gasteiger partial charge in [0.25, 0.3) is 5.56 Å². The zero-order valence-corrected chi connectivity index (χ0v) is 17.2. The summed E-state index contributed by atoms with van der Waals surface area (Å²) in [7, 11) is 3.22. The number of rotatable bonds is 7. The Hall–Kier alpha value is -1.53. The van der Waals surface area contributed by atoms with E-state index < -0.39 is 0 Å². The van der Waals surface area contributed by atoms with Gasteiger partial charge in [-0.15, -0.1) is 0 Å². The largest absolute Gasteiger partial charge is 0.493 e. The molecule has 5 nitrogen and oxygen atoms in total. The fraction of sp³-hybridized carbons (Fsp3) is 0.667. The number of aryl methyl sites for hydroxylation is 1. The minimum atomic E-state index is 0.0868. The molecule has 0 atom stereocenters. The van der Waals surface area contributed by atoms with Gasteiger partial charge in [0, 0.05) is 25.7 Å². The van der Waals surface area contributed by atoms with Crippen molar-refractivity contribution in [1.29, 1.82) is 0 Å². The van der Waals surface area contributed by atoms with Crippen LogP contribution in [0.1, 0.15) is 38.5 Å². The topological polar surface area (TPSA) is 43.7 Å². The van der Waals surface area contributed by atoms with Gasteiger partial charge in [-0.2, -0.15) is 0 Å². The van der Waals surface area contributed by atoms with Crippen molar-refractivity contribution in [1.82, 2.24) is 8.86 Å². The van der Waals surface area contributed by atoms with E-state index in [9.17, 15) is 4.79 Å². The van der Waals surface area contributed by atoms with Crippen LogP contribution < -0.4 is 15.0 Å². The zero-order valence-electron chi connectivity index (χ0n) is 16.4. The molecule has 3 fully saturated rings. The summed E-state index contributed by atoms with van der Waals surface area (Å²) >= 11 is 1.53. The van der Waals surface area contributed by atoms with E-state index in [2.05, 4.69) is 4.90 Å². The van der Waals surface area contributed by atoms with E-state index in [1.54, 1.807) is 20.3 Å². The molecule has 0 unspecified atom stereocenters. The van der Waals surface area contributed by atoms with Crippen LogP contribution in [0, 0.1) is 11.8 Å². The number of unbranched alkanes of at least 4 members (excludes halogenated alkanes) is 1. The van der Waals surface area contributed by atoms with Crippen molar-refractivity contribution in [3.63, 3.8) is 0 Å². The normalized spacial score (nSPS) is 22.9. The van der Waals surface area contributed by atoms with E-state index >= 15 is 0 Å². The summed E-state index contributed by atoms with van der Waals surface area (Å²) in [6.07, 6.45) is 7.95. The van der Waals surface area contributed by atoms with Gasteiger partial charge in [0.05, 0.1) is 24.3 Å². The van der Waals surface area contributed by atoms with Crippen molar-refractivity contribution in [2.45, 2.75) is 45.1 Å². The van der Waals surface area contributed by atoms with Crippen molar-refractivity contribution in [2.24, 2.45) is 11.8 Å². The molecule has 2 aliphatic heterocycles. The molecule has 1 aromatic heterocycles. The number of hydrogen-bond donors (Lipinski definition) is 0. The Labute approximate surface area is 165 Å². The number of hydrogen-bond acceptors (Lipinski definition) is 5. The van der Waals surface area contributed by atoms with E-state index in [1.165, 1.54) is 56.9 Å². The lowest BCUT2D eigenvalue weighted by Crippen LogP contribution is -2.29. The Kier molecular flexibility index (Phi) is 5.74. The third-order valence-corrected chi connectivity index (χ3v) is 7.34. The van der Waals surface area contributed by atoms with Crippen LogP contribution in [-0.4, -0.2) is 42.7 Å².